The van der Waals surface area contributed by atoms with Crippen LogP contribution in [0, 0.1) is 0 Å². The van der Waals surface area contributed by atoms with Gasteiger partial charge >= 0.3 is 0 Å². The van der Waals surface area contributed by atoms with Crippen molar-refractivity contribution >= 4 is 34.8 Å². The van der Waals surface area contributed by atoms with E-state index in [1.165, 1.54) is 5.56 Å². The molecule has 0 saturated heterocycles. The molecular weight excluding hydrogens is 427 g/mol. The number of rotatable bonds is 8. The van der Waals surface area contributed by atoms with E-state index < -0.39 is 0 Å². The lowest BCUT2D eigenvalue weighted by molar-refractivity contribution is 0.549. The highest BCUT2D eigenvalue weighted by Crippen LogP contribution is 2.47. The Morgan fingerprint density at radius 1 is 0.939 bits per heavy atom. The topological polar surface area (TPSA) is 6.48 Å². The molecule has 3 aromatic carbocycles. The van der Waals surface area contributed by atoms with Crippen molar-refractivity contribution in [2.75, 3.05) is 16.3 Å². The van der Waals surface area contributed by atoms with Gasteiger partial charge in [-0.1, -0.05) is 80.3 Å². The van der Waals surface area contributed by atoms with E-state index in [1.807, 2.05) is 38.1 Å². The molecule has 170 valence electrons. The van der Waals surface area contributed by atoms with E-state index in [-0.39, 0.29) is 12.0 Å². The Balaban J connectivity index is 1.96. The maximum absolute atomic E-state index is 15.6. The van der Waals surface area contributed by atoms with Crippen LogP contribution in [-0.2, 0) is 6.54 Å². The Bertz CT molecular complexity index is 1210. The van der Waals surface area contributed by atoms with Crippen LogP contribution in [0.3, 0.4) is 0 Å². The smallest absolute Gasteiger partial charge is 0.132 e. The predicted octanol–water partition coefficient (Wildman–Crippen LogP) is 8.04. The Kier molecular flexibility index (Phi) is 6.94. The molecule has 0 aromatic heterocycles. The van der Waals surface area contributed by atoms with Crippen molar-refractivity contribution in [1.29, 1.82) is 0 Å². The number of allylic oxidation sites excluding steroid dienone is 1. The van der Waals surface area contributed by atoms with Gasteiger partial charge in [0, 0.05) is 23.6 Å². The van der Waals surface area contributed by atoms with E-state index in [1.54, 1.807) is 0 Å². The zero-order valence-electron chi connectivity index (χ0n) is 19.4. The van der Waals surface area contributed by atoms with E-state index >= 15 is 4.39 Å². The summed E-state index contributed by atoms with van der Waals surface area (Å²) in [5.74, 6) is -0.148. The second-order valence-corrected chi connectivity index (χ2v) is 9.32. The predicted molar refractivity (Wildman–Crippen MR) is 144 cm³/mol. The van der Waals surface area contributed by atoms with Crippen molar-refractivity contribution in [2.45, 2.75) is 39.4 Å². The van der Waals surface area contributed by atoms with Crippen LogP contribution in [0.2, 0.25) is 0 Å². The minimum absolute atomic E-state index is 0.148. The van der Waals surface area contributed by atoms with Gasteiger partial charge < -0.3 is 9.80 Å². The van der Waals surface area contributed by atoms with Gasteiger partial charge in [-0.05, 0) is 48.2 Å². The number of benzene rings is 3. The molecule has 0 amide bonds. The molecule has 4 heteroatoms. The normalized spacial score (nSPS) is 16.1. The number of hydrogen-bond donors (Lipinski definition) is 1. The third-order valence-corrected chi connectivity index (χ3v) is 6.26. The van der Waals surface area contributed by atoms with Crippen molar-refractivity contribution in [1.82, 2.24) is 0 Å². The number of anilines is 2. The highest BCUT2D eigenvalue weighted by atomic mass is 32.1. The second-order valence-electron chi connectivity index (χ2n) is 8.78. The van der Waals surface area contributed by atoms with Crippen LogP contribution in [0.15, 0.2) is 102 Å². The summed E-state index contributed by atoms with van der Waals surface area (Å²) in [4.78, 5) is 5.00. The molecule has 1 heterocycles. The summed E-state index contributed by atoms with van der Waals surface area (Å²) in [6, 6.07) is 23.1. The van der Waals surface area contributed by atoms with Gasteiger partial charge in [0.2, 0.25) is 0 Å². The van der Waals surface area contributed by atoms with E-state index in [4.69, 9.17) is 0 Å². The first-order chi connectivity index (χ1) is 15.9. The zero-order chi connectivity index (χ0) is 23.5. The van der Waals surface area contributed by atoms with Gasteiger partial charge in [-0.15, -0.1) is 12.6 Å². The average Bonchev–Trinajstić information content (AvgIpc) is 3.05. The highest BCUT2D eigenvalue weighted by Gasteiger charge is 2.40. The first-order valence-corrected chi connectivity index (χ1v) is 11.9. The van der Waals surface area contributed by atoms with Gasteiger partial charge in [0.15, 0.2) is 0 Å². The summed E-state index contributed by atoms with van der Waals surface area (Å²) in [5, 5.41) is 2.32. The molecule has 0 spiro atoms. The largest absolute Gasteiger partial charge is 0.341 e. The summed E-state index contributed by atoms with van der Waals surface area (Å²) < 4.78 is 15.6. The molecule has 4 rings (SSSR count). The third kappa shape index (κ3) is 4.72. The van der Waals surface area contributed by atoms with Crippen LogP contribution < -0.4 is 9.80 Å². The molecule has 0 radical (unpaired) electrons. The fraction of sp³-hybridized carbons (Fsp3) is 0.241. The Morgan fingerprint density at radius 2 is 1.52 bits per heavy atom. The first kappa shape index (κ1) is 23.2. The SMILES string of the molecule is C=C(C)CN1c2cc3ccccc3cc2N(Cc2ccccc2)C1/C(C(=C)S)=C(/F)CCC. The van der Waals surface area contributed by atoms with Gasteiger partial charge in [-0.25, -0.2) is 4.39 Å². The summed E-state index contributed by atoms with van der Waals surface area (Å²) in [6.07, 6.45) is 0.730. The fourth-order valence-electron chi connectivity index (χ4n) is 4.63. The Morgan fingerprint density at radius 3 is 2.06 bits per heavy atom. The minimum Gasteiger partial charge on any atom is -0.341 e. The molecule has 2 nitrogen and oxygen atoms in total. The average molecular weight is 459 g/mol. The lowest BCUT2D eigenvalue weighted by Gasteiger charge is -2.35. The van der Waals surface area contributed by atoms with Crippen LogP contribution >= 0.6 is 12.6 Å². The van der Waals surface area contributed by atoms with Gasteiger partial charge in [0.05, 0.1) is 11.4 Å². The maximum atomic E-state index is 15.6. The standard InChI is InChI=1S/C29H31FN2S/c1-5-11-25(30)28(21(4)33)29-31(18-20(2)3)26-16-23-14-9-10-15-24(23)17-27(26)32(29)19-22-12-7-6-8-13-22/h6-10,12-17,29,33H,2,4-5,11,18-19H2,1,3H3/b28-25+. The van der Waals surface area contributed by atoms with Crippen molar-refractivity contribution in [3.63, 3.8) is 0 Å². The quantitative estimate of drug-likeness (QED) is 0.207. The summed E-state index contributed by atoms with van der Waals surface area (Å²) >= 11 is 4.57. The number of nitrogens with zero attached hydrogens (tertiary/aromatic N) is 2. The van der Waals surface area contributed by atoms with Crippen molar-refractivity contribution in [3.8, 4) is 0 Å². The zero-order valence-corrected chi connectivity index (χ0v) is 20.3. The number of fused-ring (bicyclic) bond motifs is 2. The monoisotopic (exact) mass is 458 g/mol. The highest BCUT2D eigenvalue weighted by molar-refractivity contribution is 7.84. The van der Waals surface area contributed by atoms with E-state index in [9.17, 15) is 0 Å². The van der Waals surface area contributed by atoms with Crippen LogP contribution in [0.1, 0.15) is 32.3 Å². The van der Waals surface area contributed by atoms with Crippen LogP contribution in [0.25, 0.3) is 10.8 Å². The van der Waals surface area contributed by atoms with Gasteiger partial charge in [0.1, 0.15) is 12.0 Å². The fourth-order valence-corrected chi connectivity index (χ4v) is 4.87. The molecule has 1 atom stereocenters. The van der Waals surface area contributed by atoms with Crippen molar-refractivity contribution in [3.05, 3.63) is 107 Å². The summed E-state index contributed by atoms with van der Waals surface area (Å²) in [7, 11) is 0. The maximum Gasteiger partial charge on any atom is 0.132 e. The summed E-state index contributed by atoms with van der Waals surface area (Å²) in [5.41, 5.74) is 4.89. The lowest BCUT2D eigenvalue weighted by Crippen LogP contribution is -2.45. The Hall–Kier alpha value is -2.98. The number of hydrogen-bond acceptors (Lipinski definition) is 3. The summed E-state index contributed by atoms with van der Waals surface area (Å²) in [6.45, 7) is 13.5. The molecule has 1 aliphatic rings. The molecule has 1 aliphatic heterocycles. The molecular formula is C29H31FN2S. The molecule has 0 N–H and O–H groups in total. The molecule has 0 saturated carbocycles. The first-order valence-electron chi connectivity index (χ1n) is 11.4. The number of halogens is 1. The van der Waals surface area contributed by atoms with Gasteiger partial charge in [-0.2, -0.15) is 0 Å². The van der Waals surface area contributed by atoms with Crippen molar-refractivity contribution in [2.24, 2.45) is 0 Å². The molecule has 0 bridgehead atoms. The lowest BCUT2D eigenvalue weighted by atomic mass is 10.1. The van der Waals surface area contributed by atoms with Crippen LogP contribution in [0.5, 0.6) is 0 Å². The third-order valence-electron chi connectivity index (χ3n) is 6.02. The molecule has 3 aromatic rings. The van der Waals surface area contributed by atoms with E-state index in [0.717, 1.165) is 34.1 Å². The molecule has 0 fully saturated rings. The van der Waals surface area contributed by atoms with Crippen molar-refractivity contribution < 1.29 is 4.39 Å². The van der Waals surface area contributed by atoms with Crippen LogP contribution in [0.4, 0.5) is 15.8 Å². The molecule has 33 heavy (non-hydrogen) atoms. The van der Waals surface area contributed by atoms with Gasteiger partial charge in [-0.3, -0.25) is 0 Å². The molecule has 1 unspecified atom stereocenters. The second kappa shape index (κ2) is 9.88. The Labute approximate surface area is 202 Å². The van der Waals surface area contributed by atoms with Gasteiger partial charge in [0.25, 0.3) is 0 Å². The molecule has 0 aliphatic carbocycles. The minimum atomic E-state index is -0.356. The van der Waals surface area contributed by atoms with E-state index in [0.29, 0.717) is 30.0 Å². The number of thiol groups is 1. The van der Waals surface area contributed by atoms with Crippen LogP contribution in [-0.4, -0.2) is 12.7 Å². The van der Waals surface area contributed by atoms with E-state index in [2.05, 4.69) is 78.1 Å².